The molecular formula is C18H34F3IN4O. The van der Waals surface area contributed by atoms with Crippen LogP contribution in [0.25, 0.3) is 0 Å². The summed E-state index contributed by atoms with van der Waals surface area (Å²) in [4.78, 5) is 5.65. The SMILES string of the molecule is CN=C(NCCOC1CCCCCC1)NCC1CCN(CC(F)(F)F)C1.I. The second-order valence-corrected chi connectivity index (χ2v) is 7.37. The largest absolute Gasteiger partial charge is 0.401 e. The Hall–Kier alpha value is -0.290. The summed E-state index contributed by atoms with van der Waals surface area (Å²) in [5, 5.41) is 6.44. The number of hydrogen-bond acceptors (Lipinski definition) is 3. The van der Waals surface area contributed by atoms with Crippen molar-refractivity contribution in [2.24, 2.45) is 10.9 Å². The first-order valence-electron chi connectivity index (χ1n) is 9.81. The van der Waals surface area contributed by atoms with E-state index in [0.717, 1.165) is 19.3 Å². The van der Waals surface area contributed by atoms with Crippen LogP contribution < -0.4 is 10.6 Å². The van der Waals surface area contributed by atoms with E-state index in [0.29, 0.717) is 44.8 Å². The smallest absolute Gasteiger partial charge is 0.376 e. The van der Waals surface area contributed by atoms with Crippen molar-refractivity contribution >= 4 is 29.9 Å². The molecular weight excluding hydrogens is 472 g/mol. The first-order valence-corrected chi connectivity index (χ1v) is 9.81. The molecule has 1 saturated carbocycles. The number of halogens is 4. The maximum atomic E-state index is 12.4. The highest BCUT2D eigenvalue weighted by atomic mass is 127. The molecule has 0 aromatic carbocycles. The van der Waals surface area contributed by atoms with Gasteiger partial charge in [-0.3, -0.25) is 9.89 Å². The summed E-state index contributed by atoms with van der Waals surface area (Å²) in [5.41, 5.74) is 0. The number of guanidine groups is 1. The molecule has 2 fully saturated rings. The molecule has 1 aliphatic carbocycles. The number of nitrogens with one attached hydrogen (secondary N) is 2. The van der Waals surface area contributed by atoms with Gasteiger partial charge in [0.05, 0.1) is 19.3 Å². The van der Waals surface area contributed by atoms with E-state index in [4.69, 9.17) is 4.74 Å². The van der Waals surface area contributed by atoms with E-state index < -0.39 is 12.7 Å². The van der Waals surface area contributed by atoms with Crippen LogP contribution in [0.1, 0.15) is 44.9 Å². The Balaban J connectivity index is 0.00000364. The van der Waals surface area contributed by atoms with Crippen molar-refractivity contribution in [1.29, 1.82) is 0 Å². The van der Waals surface area contributed by atoms with Crippen LogP contribution in [-0.2, 0) is 4.74 Å². The fourth-order valence-corrected chi connectivity index (χ4v) is 3.74. The zero-order chi connectivity index (χ0) is 18.8. The van der Waals surface area contributed by atoms with Gasteiger partial charge >= 0.3 is 6.18 Å². The van der Waals surface area contributed by atoms with Crippen LogP contribution >= 0.6 is 24.0 Å². The molecule has 1 heterocycles. The third-order valence-electron chi connectivity index (χ3n) is 5.10. The average molecular weight is 506 g/mol. The topological polar surface area (TPSA) is 48.9 Å². The lowest BCUT2D eigenvalue weighted by atomic mass is 10.1. The van der Waals surface area contributed by atoms with Crippen LogP contribution in [0.15, 0.2) is 4.99 Å². The number of nitrogens with zero attached hydrogens (tertiary/aromatic N) is 2. The molecule has 1 atom stereocenters. The second kappa shape index (κ2) is 13.0. The highest BCUT2D eigenvalue weighted by Gasteiger charge is 2.34. The van der Waals surface area contributed by atoms with Gasteiger partial charge in [0.2, 0.25) is 0 Å². The van der Waals surface area contributed by atoms with Gasteiger partial charge in [0.1, 0.15) is 0 Å². The number of ether oxygens (including phenoxy) is 1. The summed E-state index contributed by atoms with van der Waals surface area (Å²) in [7, 11) is 1.70. The summed E-state index contributed by atoms with van der Waals surface area (Å²) in [6.45, 7) is 2.14. The minimum absolute atomic E-state index is 0. The number of alkyl halides is 3. The van der Waals surface area contributed by atoms with Gasteiger partial charge in [0.25, 0.3) is 0 Å². The summed E-state index contributed by atoms with van der Waals surface area (Å²) in [6.07, 6.45) is 4.51. The van der Waals surface area contributed by atoms with Crippen molar-refractivity contribution in [3.63, 3.8) is 0 Å². The lowest BCUT2D eigenvalue weighted by Crippen LogP contribution is -2.42. The zero-order valence-electron chi connectivity index (χ0n) is 16.2. The Morgan fingerprint density at radius 3 is 2.44 bits per heavy atom. The molecule has 0 bridgehead atoms. The Bertz CT molecular complexity index is 429. The Labute approximate surface area is 177 Å². The molecule has 0 radical (unpaired) electrons. The van der Waals surface area contributed by atoms with E-state index >= 15 is 0 Å². The summed E-state index contributed by atoms with van der Waals surface area (Å²) in [6, 6.07) is 0. The van der Waals surface area contributed by atoms with E-state index in [9.17, 15) is 13.2 Å². The standard InChI is InChI=1S/C18H33F3N4O.HI/c1-22-17(23-9-11-26-16-6-4-2-3-5-7-16)24-12-15-8-10-25(13-15)14-18(19,20)21;/h15-16H,2-14H2,1H3,(H2,22,23,24);1H. The normalized spacial score (nSPS) is 23.0. The van der Waals surface area contributed by atoms with Crippen molar-refractivity contribution < 1.29 is 17.9 Å². The minimum Gasteiger partial charge on any atom is -0.376 e. The highest BCUT2D eigenvalue weighted by molar-refractivity contribution is 14.0. The molecule has 0 aromatic heterocycles. The molecule has 2 rings (SSSR count). The number of hydrogen-bond donors (Lipinski definition) is 2. The number of aliphatic imine (C=N–C) groups is 1. The molecule has 1 unspecified atom stereocenters. The van der Waals surface area contributed by atoms with E-state index in [1.165, 1.54) is 30.6 Å². The van der Waals surface area contributed by atoms with Gasteiger partial charge in [-0.1, -0.05) is 25.7 Å². The summed E-state index contributed by atoms with van der Waals surface area (Å²) >= 11 is 0. The van der Waals surface area contributed by atoms with Crippen molar-refractivity contribution in [2.45, 2.75) is 57.2 Å². The lowest BCUT2D eigenvalue weighted by molar-refractivity contribution is -0.143. The Morgan fingerprint density at radius 1 is 1.11 bits per heavy atom. The third kappa shape index (κ3) is 10.7. The zero-order valence-corrected chi connectivity index (χ0v) is 18.5. The van der Waals surface area contributed by atoms with Gasteiger partial charge in [-0.05, 0) is 31.7 Å². The van der Waals surface area contributed by atoms with Crippen molar-refractivity contribution in [3.8, 4) is 0 Å². The van der Waals surface area contributed by atoms with Crippen molar-refractivity contribution in [1.82, 2.24) is 15.5 Å². The molecule has 1 saturated heterocycles. The molecule has 9 heteroatoms. The molecule has 160 valence electrons. The van der Waals surface area contributed by atoms with Crippen LogP contribution in [0.3, 0.4) is 0 Å². The summed E-state index contributed by atoms with van der Waals surface area (Å²) < 4.78 is 43.2. The molecule has 27 heavy (non-hydrogen) atoms. The molecule has 2 N–H and O–H groups in total. The monoisotopic (exact) mass is 506 g/mol. The molecule has 0 spiro atoms. The fourth-order valence-electron chi connectivity index (χ4n) is 3.74. The molecule has 5 nitrogen and oxygen atoms in total. The first kappa shape index (κ1) is 24.7. The van der Waals surface area contributed by atoms with Crippen molar-refractivity contribution in [3.05, 3.63) is 0 Å². The predicted octanol–water partition coefficient (Wildman–Crippen LogP) is 3.39. The quantitative estimate of drug-likeness (QED) is 0.183. The Kier molecular flexibility index (Phi) is 11.9. The molecule has 0 amide bonds. The van der Waals surface area contributed by atoms with E-state index in [1.54, 1.807) is 7.05 Å². The Morgan fingerprint density at radius 2 is 1.81 bits per heavy atom. The first-order chi connectivity index (χ1) is 12.5. The van der Waals surface area contributed by atoms with Gasteiger partial charge in [0, 0.05) is 26.7 Å². The molecule has 1 aliphatic heterocycles. The van der Waals surface area contributed by atoms with Crippen LogP contribution in [0.5, 0.6) is 0 Å². The van der Waals surface area contributed by atoms with Gasteiger partial charge < -0.3 is 15.4 Å². The van der Waals surface area contributed by atoms with Crippen LogP contribution in [-0.4, -0.2) is 69.5 Å². The van der Waals surface area contributed by atoms with E-state index in [1.807, 2.05) is 0 Å². The van der Waals surface area contributed by atoms with Gasteiger partial charge in [-0.2, -0.15) is 13.2 Å². The molecule has 2 aliphatic rings. The predicted molar refractivity (Wildman–Crippen MR) is 113 cm³/mol. The maximum Gasteiger partial charge on any atom is 0.401 e. The van der Waals surface area contributed by atoms with Crippen LogP contribution in [0.2, 0.25) is 0 Å². The molecule has 0 aromatic rings. The number of likely N-dealkylation sites (tertiary alicyclic amines) is 1. The average Bonchev–Trinajstić information content (AvgIpc) is 2.85. The minimum atomic E-state index is -4.11. The van der Waals surface area contributed by atoms with E-state index in [2.05, 4.69) is 15.6 Å². The van der Waals surface area contributed by atoms with Gasteiger partial charge in [0.15, 0.2) is 5.96 Å². The maximum absolute atomic E-state index is 12.4. The second-order valence-electron chi connectivity index (χ2n) is 7.37. The fraction of sp³-hybridized carbons (Fsp3) is 0.944. The summed E-state index contributed by atoms with van der Waals surface area (Å²) in [5.74, 6) is 0.905. The highest BCUT2D eigenvalue weighted by Crippen LogP contribution is 2.22. The van der Waals surface area contributed by atoms with Crippen LogP contribution in [0, 0.1) is 5.92 Å². The van der Waals surface area contributed by atoms with Gasteiger partial charge in [-0.25, -0.2) is 0 Å². The van der Waals surface area contributed by atoms with Crippen LogP contribution in [0.4, 0.5) is 13.2 Å². The van der Waals surface area contributed by atoms with Gasteiger partial charge in [-0.15, -0.1) is 24.0 Å². The third-order valence-corrected chi connectivity index (χ3v) is 5.10. The van der Waals surface area contributed by atoms with Crippen molar-refractivity contribution in [2.75, 3.05) is 46.4 Å². The van der Waals surface area contributed by atoms with E-state index in [-0.39, 0.29) is 29.9 Å². The number of rotatable bonds is 7. The lowest BCUT2D eigenvalue weighted by Gasteiger charge is -2.19.